The number of nitrogens with two attached hydrogens (primary N) is 1. The van der Waals surface area contributed by atoms with Crippen LogP contribution >= 0.6 is 11.3 Å². The first kappa shape index (κ1) is 12.7. The maximum atomic E-state index is 11.7. The van der Waals surface area contributed by atoms with Gasteiger partial charge in [-0.2, -0.15) is 0 Å². The maximum Gasteiger partial charge on any atom is 0.267 e. The maximum absolute atomic E-state index is 11.7. The second-order valence-corrected chi connectivity index (χ2v) is 5.84. The van der Waals surface area contributed by atoms with Crippen molar-refractivity contribution in [1.82, 2.24) is 4.98 Å². The fourth-order valence-electron chi connectivity index (χ4n) is 1.25. The Kier molecular flexibility index (Phi) is 3.41. The summed E-state index contributed by atoms with van der Waals surface area (Å²) in [4.78, 5) is 15.9. The summed E-state index contributed by atoms with van der Waals surface area (Å²) in [6, 6.07) is 5.60. The molecule has 0 unspecified atom stereocenters. The zero-order valence-corrected chi connectivity index (χ0v) is 10.7. The number of aromatic nitrogens is 1. The molecule has 1 aromatic carbocycles. The summed E-state index contributed by atoms with van der Waals surface area (Å²) in [5.74, 6) is -0.291. The first-order valence-corrected chi connectivity index (χ1v) is 7.22. The number of primary sulfonamides is 1. The van der Waals surface area contributed by atoms with Gasteiger partial charge >= 0.3 is 0 Å². The van der Waals surface area contributed by atoms with Crippen molar-refractivity contribution in [2.75, 3.05) is 5.32 Å². The van der Waals surface area contributed by atoms with Gasteiger partial charge in [0.05, 0.1) is 16.6 Å². The normalized spacial score (nSPS) is 11.2. The molecule has 1 amide bonds. The van der Waals surface area contributed by atoms with Gasteiger partial charge in [0.1, 0.15) is 4.88 Å². The van der Waals surface area contributed by atoms with Gasteiger partial charge in [0.25, 0.3) is 5.91 Å². The highest BCUT2D eigenvalue weighted by Crippen LogP contribution is 2.14. The van der Waals surface area contributed by atoms with Crippen LogP contribution in [0.2, 0.25) is 0 Å². The minimum atomic E-state index is -3.71. The van der Waals surface area contributed by atoms with Crippen molar-refractivity contribution in [3.8, 4) is 0 Å². The van der Waals surface area contributed by atoms with Crippen LogP contribution in [0.15, 0.2) is 40.9 Å². The summed E-state index contributed by atoms with van der Waals surface area (Å²) in [6.45, 7) is 0. The third-order valence-corrected chi connectivity index (χ3v) is 3.80. The molecule has 1 aromatic heterocycles. The standard InChI is InChI=1S/C10H9N3O3S2/c11-18(15,16)8-3-1-7(2-4-8)13-10(14)9-5-12-6-17-9/h1-6H,(H,13,14)(H2,11,15,16). The van der Waals surface area contributed by atoms with Crippen molar-refractivity contribution >= 4 is 33.0 Å². The molecule has 0 aliphatic carbocycles. The Hall–Kier alpha value is -1.77. The number of nitrogens with zero attached hydrogens (tertiary/aromatic N) is 1. The minimum absolute atomic E-state index is 0.00158. The molecule has 0 spiro atoms. The number of nitrogens with one attached hydrogen (secondary N) is 1. The molecule has 2 aromatic rings. The van der Waals surface area contributed by atoms with Crippen molar-refractivity contribution in [1.29, 1.82) is 0 Å². The molecule has 3 N–H and O–H groups in total. The number of amides is 1. The van der Waals surface area contributed by atoms with Crippen LogP contribution in [0.25, 0.3) is 0 Å². The molecule has 2 rings (SSSR count). The quantitative estimate of drug-likeness (QED) is 0.878. The second kappa shape index (κ2) is 4.84. The molecule has 0 saturated carbocycles. The average molecular weight is 283 g/mol. The number of anilines is 1. The molecular formula is C10H9N3O3S2. The molecule has 18 heavy (non-hydrogen) atoms. The number of thiazole rings is 1. The van der Waals surface area contributed by atoms with Gasteiger partial charge in [0.2, 0.25) is 10.0 Å². The Labute approximate surface area is 108 Å². The largest absolute Gasteiger partial charge is 0.321 e. The summed E-state index contributed by atoms with van der Waals surface area (Å²) in [6.07, 6.45) is 1.46. The van der Waals surface area contributed by atoms with E-state index in [-0.39, 0.29) is 10.8 Å². The van der Waals surface area contributed by atoms with E-state index in [0.717, 1.165) is 0 Å². The molecule has 0 fully saturated rings. The van der Waals surface area contributed by atoms with Crippen molar-refractivity contribution < 1.29 is 13.2 Å². The number of carbonyl (C=O) groups is 1. The molecule has 1 heterocycles. The molecule has 0 bridgehead atoms. The molecule has 8 heteroatoms. The Morgan fingerprint density at radius 2 is 1.94 bits per heavy atom. The highest BCUT2D eigenvalue weighted by atomic mass is 32.2. The lowest BCUT2D eigenvalue weighted by molar-refractivity contribution is 0.103. The summed E-state index contributed by atoms with van der Waals surface area (Å²) in [7, 11) is -3.71. The van der Waals surface area contributed by atoms with Gasteiger partial charge in [0.15, 0.2) is 0 Å². The fraction of sp³-hybridized carbons (Fsp3) is 0. The van der Waals surface area contributed by atoms with Crippen LogP contribution in [-0.2, 0) is 10.0 Å². The highest BCUT2D eigenvalue weighted by molar-refractivity contribution is 7.89. The van der Waals surface area contributed by atoms with Crippen LogP contribution in [0.1, 0.15) is 9.67 Å². The lowest BCUT2D eigenvalue weighted by Gasteiger charge is -2.04. The van der Waals surface area contributed by atoms with Crippen LogP contribution in [0.5, 0.6) is 0 Å². The van der Waals surface area contributed by atoms with E-state index < -0.39 is 10.0 Å². The Bertz CT molecular complexity index is 648. The van der Waals surface area contributed by atoms with Crippen LogP contribution in [-0.4, -0.2) is 19.3 Å². The van der Waals surface area contributed by atoms with Gasteiger partial charge in [-0.15, -0.1) is 11.3 Å². The smallest absolute Gasteiger partial charge is 0.267 e. The number of hydrogen-bond acceptors (Lipinski definition) is 5. The van der Waals surface area contributed by atoms with E-state index in [1.807, 2.05) is 0 Å². The van der Waals surface area contributed by atoms with E-state index in [1.54, 1.807) is 5.51 Å². The molecule has 6 nitrogen and oxygen atoms in total. The first-order chi connectivity index (χ1) is 8.47. The molecule has 0 saturated heterocycles. The second-order valence-electron chi connectivity index (χ2n) is 3.39. The average Bonchev–Trinajstić information content (AvgIpc) is 2.82. The zero-order valence-electron chi connectivity index (χ0n) is 9.03. The topological polar surface area (TPSA) is 102 Å². The molecule has 0 aliphatic heterocycles. The van der Waals surface area contributed by atoms with Gasteiger partial charge in [-0.1, -0.05) is 0 Å². The van der Waals surface area contributed by atoms with Gasteiger partial charge in [-0.3, -0.25) is 9.78 Å². The molecule has 94 valence electrons. The molecule has 0 radical (unpaired) electrons. The van der Waals surface area contributed by atoms with Crippen molar-refractivity contribution in [2.45, 2.75) is 4.90 Å². The fourth-order valence-corrected chi connectivity index (χ4v) is 2.28. The monoisotopic (exact) mass is 283 g/mol. The van der Waals surface area contributed by atoms with Gasteiger partial charge in [-0.25, -0.2) is 13.6 Å². The van der Waals surface area contributed by atoms with E-state index in [0.29, 0.717) is 10.6 Å². The van der Waals surface area contributed by atoms with Crippen LogP contribution < -0.4 is 10.5 Å². The van der Waals surface area contributed by atoms with Crippen molar-refractivity contribution in [3.63, 3.8) is 0 Å². The number of sulfonamides is 1. The van der Waals surface area contributed by atoms with Crippen molar-refractivity contribution in [2.24, 2.45) is 5.14 Å². The molecule has 0 atom stereocenters. The first-order valence-electron chi connectivity index (χ1n) is 4.79. The van der Waals surface area contributed by atoms with E-state index in [9.17, 15) is 13.2 Å². The Morgan fingerprint density at radius 1 is 1.28 bits per heavy atom. The SMILES string of the molecule is NS(=O)(=O)c1ccc(NC(=O)c2cncs2)cc1. The predicted molar refractivity (Wildman–Crippen MR) is 67.9 cm³/mol. The predicted octanol–water partition coefficient (Wildman–Crippen LogP) is 1.04. The number of hydrogen-bond donors (Lipinski definition) is 2. The van der Waals surface area contributed by atoms with Gasteiger partial charge < -0.3 is 5.32 Å². The highest BCUT2D eigenvalue weighted by Gasteiger charge is 2.09. The number of benzene rings is 1. The summed E-state index contributed by atoms with van der Waals surface area (Å²) < 4.78 is 22.1. The lowest BCUT2D eigenvalue weighted by atomic mass is 10.3. The number of carbonyl (C=O) groups excluding carboxylic acids is 1. The summed E-state index contributed by atoms with van der Waals surface area (Å²) >= 11 is 1.22. The van der Waals surface area contributed by atoms with E-state index >= 15 is 0 Å². The van der Waals surface area contributed by atoms with Crippen LogP contribution in [0, 0.1) is 0 Å². The third-order valence-electron chi connectivity index (χ3n) is 2.10. The summed E-state index contributed by atoms with van der Waals surface area (Å²) in [5, 5.41) is 7.58. The van der Waals surface area contributed by atoms with Gasteiger partial charge in [-0.05, 0) is 24.3 Å². The zero-order chi connectivity index (χ0) is 13.2. The Balaban J connectivity index is 2.14. The van der Waals surface area contributed by atoms with E-state index in [2.05, 4.69) is 10.3 Å². The lowest BCUT2D eigenvalue weighted by Crippen LogP contribution is -2.13. The van der Waals surface area contributed by atoms with E-state index in [4.69, 9.17) is 5.14 Å². The third kappa shape index (κ3) is 2.92. The van der Waals surface area contributed by atoms with Gasteiger partial charge in [0, 0.05) is 5.69 Å². The minimum Gasteiger partial charge on any atom is -0.321 e. The molecule has 0 aliphatic rings. The van der Waals surface area contributed by atoms with Crippen molar-refractivity contribution in [3.05, 3.63) is 40.8 Å². The van der Waals surface area contributed by atoms with Crippen LogP contribution in [0.4, 0.5) is 5.69 Å². The summed E-state index contributed by atoms with van der Waals surface area (Å²) in [5.41, 5.74) is 2.04. The number of rotatable bonds is 3. The van der Waals surface area contributed by atoms with Crippen LogP contribution in [0.3, 0.4) is 0 Å². The Morgan fingerprint density at radius 3 is 2.44 bits per heavy atom. The van der Waals surface area contributed by atoms with E-state index in [1.165, 1.54) is 41.8 Å². The molecular weight excluding hydrogens is 274 g/mol.